The van der Waals surface area contributed by atoms with Crippen molar-refractivity contribution in [2.45, 2.75) is 6.92 Å². The molecule has 3 aromatic rings. The fourth-order valence-electron chi connectivity index (χ4n) is 3.98. The zero-order valence-electron chi connectivity index (χ0n) is 19.5. The van der Waals surface area contributed by atoms with Crippen molar-refractivity contribution >= 4 is 55.9 Å². The molecular formula is C26H27ClN4O3S. The van der Waals surface area contributed by atoms with Crippen LogP contribution in [0.2, 0.25) is 5.02 Å². The molecule has 3 aromatic carbocycles. The van der Waals surface area contributed by atoms with Gasteiger partial charge < -0.3 is 16.0 Å². The van der Waals surface area contributed by atoms with Crippen LogP contribution in [0.15, 0.2) is 72.8 Å². The van der Waals surface area contributed by atoms with Gasteiger partial charge in [-0.1, -0.05) is 54.9 Å². The predicted octanol–water partition coefficient (Wildman–Crippen LogP) is 4.65. The number of nitrogens with zero attached hydrogens (tertiary/aromatic N) is 1. The van der Waals surface area contributed by atoms with E-state index in [9.17, 15) is 13.2 Å². The number of benzene rings is 3. The Morgan fingerprint density at radius 1 is 1.03 bits per heavy atom. The lowest BCUT2D eigenvalue weighted by atomic mass is 10.00. The SMILES string of the molecule is CCNCCN(c1ccc(N/C(=C2\C(=O)Nc3cc(Cl)ccc32)c2ccccc2)cc1)S(C)(=O)=O. The summed E-state index contributed by atoms with van der Waals surface area (Å²) in [5, 5.41) is 9.97. The van der Waals surface area contributed by atoms with Crippen LogP contribution in [0.5, 0.6) is 0 Å². The summed E-state index contributed by atoms with van der Waals surface area (Å²) >= 11 is 6.12. The van der Waals surface area contributed by atoms with Gasteiger partial charge in [0.05, 0.1) is 28.9 Å². The third kappa shape index (κ3) is 5.67. The third-order valence-corrected chi connectivity index (χ3v) is 7.03. The zero-order valence-corrected chi connectivity index (χ0v) is 21.1. The van der Waals surface area contributed by atoms with E-state index in [1.54, 1.807) is 36.4 Å². The van der Waals surface area contributed by atoms with Crippen LogP contribution in [-0.4, -0.2) is 40.2 Å². The summed E-state index contributed by atoms with van der Waals surface area (Å²) in [6, 6.07) is 22.0. The van der Waals surface area contributed by atoms with Gasteiger partial charge in [0, 0.05) is 29.4 Å². The number of carbonyl (C=O) groups is 1. The van der Waals surface area contributed by atoms with Gasteiger partial charge in [0.25, 0.3) is 5.91 Å². The number of rotatable bonds is 9. The number of nitrogens with one attached hydrogen (secondary N) is 3. The molecule has 0 bridgehead atoms. The molecule has 1 aliphatic rings. The molecule has 0 radical (unpaired) electrons. The molecule has 35 heavy (non-hydrogen) atoms. The van der Waals surface area contributed by atoms with Crippen LogP contribution in [0, 0.1) is 0 Å². The van der Waals surface area contributed by atoms with Gasteiger partial charge >= 0.3 is 0 Å². The van der Waals surface area contributed by atoms with Gasteiger partial charge in [-0.05, 0) is 48.5 Å². The van der Waals surface area contributed by atoms with E-state index in [0.717, 1.165) is 23.4 Å². The summed E-state index contributed by atoms with van der Waals surface area (Å²) in [6.07, 6.45) is 1.20. The molecule has 0 saturated heterocycles. The Hall–Kier alpha value is -3.33. The highest BCUT2D eigenvalue weighted by Crippen LogP contribution is 2.38. The maximum Gasteiger partial charge on any atom is 0.258 e. The second-order valence-electron chi connectivity index (χ2n) is 8.12. The van der Waals surface area contributed by atoms with E-state index in [1.807, 2.05) is 43.3 Å². The highest BCUT2D eigenvalue weighted by Gasteiger charge is 2.28. The van der Waals surface area contributed by atoms with Gasteiger partial charge in [0.1, 0.15) is 0 Å². The van der Waals surface area contributed by atoms with Gasteiger partial charge in [0.15, 0.2) is 0 Å². The second kappa shape index (κ2) is 10.5. The summed E-state index contributed by atoms with van der Waals surface area (Å²) < 4.78 is 26.1. The first-order valence-electron chi connectivity index (χ1n) is 11.2. The van der Waals surface area contributed by atoms with Crippen molar-refractivity contribution in [1.82, 2.24) is 5.32 Å². The topological polar surface area (TPSA) is 90.5 Å². The molecule has 4 rings (SSSR count). The summed E-state index contributed by atoms with van der Waals surface area (Å²) in [4.78, 5) is 13.0. The van der Waals surface area contributed by atoms with Crippen molar-refractivity contribution in [3.05, 3.63) is 88.9 Å². The standard InChI is InChI=1S/C26H27ClN4O3S/c1-3-28-15-16-31(35(2,33)34)21-12-10-20(11-13-21)29-25(18-7-5-4-6-8-18)24-22-14-9-19(27)17-23(22)30-26(24)32/h4-14,17,28-29H,3,15-16H2,1-2H3,(H,30,32)/b25-24-. The Morgan fingerprint density at radius 2 is 1.74 bits per heavy atom. The van der Waals surface area contributed by atoms with E-state index in [4.69, 9.17) is 11.6 Å². The molecule has 1 amide bonds. The zero-order chi connectivity index (χ0) is 25.0. The average molecular weight is 511 g/mol. The van der Waals surface area contributed by atoms with Crippen molar-refractivity contribution < 1.29 is 13.2 Å². The number of fused-ring (bicyclic) bond motifs is 1. The van der Waals surface area contributed by atoms with Gasteiger partial charge in [-0.2, -0.15) is 0 Å². The van der Waals surface area contributed by atoms with Gasteiger partial charge in [-0.15, -0.1) is 0 Å². The molecule has 0 atom stereocenters. The molecule has 0 fully saturated rings. The Kier molecular flexibility index (Phi) is 7.45. The average Bonchev–Trinajstić information content (AvgIpc) is 3.15. The van der Waals surface area contributed by atoms with E-state index < -0.39 is 10.0 Å². The molecular weight excluding hydrogens is 484 g/mol. The maximum atomic E-state index is 13.0. The van der Waals surface area contributed by atoms with Gasteiger partial charge in [-0.3, -0.25) is 9.10 Å². The predicted molar refractivity (Wildman–Crippen MR) is 144 cm³/mol. The van der Waals surface area contributed by atoms with Crippen LogP contribution in [0.1, 0.15) is 18.1 Å². The van der Waals surface area contributed by atoms with Gasteiger partial charge in [0.2, 0.25) is 10.0 Å². The first-order valence-corrected chi connectivity index (χ1v) is 13.5. The highest BCUT2D eigenvalue weighted by atomic mass is 35.5. The monoisotopic (exact) mass is 510 g/mol. The number of halogens is 1. The van der Waals surface area contributed by atoms with Crippen LogP contribution in [-0.2, 0) is 14.8 Å². The van der Waals surface area contributed by atoms with Crippen LogP contribution >= 0.6 is 11.6 Å². The smallest absolute Gasteiger partial charge is 0.258 e. The number of likely N-dealkylation sites (N-methyl/N-ethyl adjacent to an activating group) is 1. The van der Waals surface area contributed by atoms with Crippen molar-refractivity contribution in [2.24, 2.45) is 0 Å². The summed E-state index contributed by atoms with van der Waals surface area (Å²) in [7, 11) is -3.43. The van der Waals surface area contributed by atoms with Gasteiger partial charge in [-0.25, -0.2) is 8.42 Å². The molecule has 0 unspecified atom stereocenters. The Balaban J connectivity index is 1.71. The first kappa shape index (κ1) is 24.8. The number of sulfonamides is 1. The van der Waals surface area contributed by atoms with Crippen molar-refractivity contribution in [3.8, 4) is 0 Å². The molecule has 0 spiro atoms. The first-order chi connectivity index (χ1) is 16.8. The minimum atomic E-state index is -3.43. The van der Waals surface area contributed by atoms with Crippen molar-refractivity contribution in [2.75, 3.05) is 40.8 Å². The van der Waals surface area contributed by atoms with Crippen LogP contribution < -0.4 is 20.3 Å². The normalized spacial score (nSPS) is 14.3. The van der Waals surface area contributed by atoms with E-state index in [0.29, 0.717) is 40.8 Å². The Bertz CT molecular complexity index is 1360. The van der Waals surface area contributed by atoms with E-state index in [-0.39, 0.29) is 5.91 Å². The summed E-state index contributed by atoms with van der Waals surface area (Å²) in [5.41, 5.74) is 4.70. The number of anilines is 3. The fourth-order valence-corrected chi connectivity index (χ4v) is 5.08. The van der Waals surface area contributed by atoms with E-state index >= 15 is 0 Å². The maximum absolute atomic E-state index is 13.0. The lowest BCUT2D eigenvalue weighted by Crippen LogP contribution is -2.36. The number of amides is 1. The van der Waals surface area contributed by atoms with Crippen LogP contribution in [0.4, 0.5) is 17.1 Å². The molecule has 1 heterocycles. The van der Waals surface area contributed by atoms with Crippen molar-refractivity contribution in [1.29, 1.82) is 0 Å². The molecule has 0 aliphatic carbocycles. The molecule has 0 saturated carbocycles. The second-order valence-corrected chi connectivity index (χ2v) is 10.5. The third-order valence-electron chi connectivity index (χ3n) is 5.61. The molecule has 3 N–H and O–H groups in total. The summed E-state index contributed by atoms with van der Waals surface area (Å²) in [6.45, 7) is 3.62. The van der Waals surface area contributed by atoms with E-state index in [1.165, 1.54) is 10.6 Å². The lowest BCUT2D eigenvalue weighted by Gasteiger charge is -2.23. The molecule has 182 valence electrons. The molecule has 7 nitrogen and oxygen atoms in total. The fraction of sp³-hybridized carbons (Fsp3) is 0.192. The number of hydrogen-bond donors (Lipinski definition) is 3. The molecule has 0 aromatic heterocycles. The largest absolute Gasteiger partial charge is 0.354 e. The minimum Gasteiger partial charge on any atom is -0.354 e. The Labute approximate surface area is 210 Å². The van der Waals surface area contributed by atoms with Crippen LogP contribution in [0.3, 0.4) is 0 Å². The van der Waals surface area contributed by atoms with E-state index in [2.05, 4.69) is 16.0 Å². The lowest BCUT2D eigenvalue weighted by molar-refractivity contribution is -0.110. The summed E-state index contributed by atoms with van der Waals surface area (Å²) in [5.74, 6) is -0.225. The number of carbonyl (C=O) groups excluding carboxylic acids is 1. The number of hydrogen-bond acceptors (Lipinski definition) is 5. The minimum absolute atomic E-state index is 0.225. The molecule has 9 heteroatoms. The van der Waals surface area contributed by atoms with Crippen LogP contribution in [0.25, 0.3) is 11.3 Å². The Morgan fingerprint density at radius 3 is 2.40 bits per heavy atom. The molecule has 1 aliphatic heterocycles. The van der Waals surface area contributed by atoms with Crippen molar-refractivity contribution in [3.63, 3.8) is 0 Å². The highest BCUT2D eigenvalue weighted by molar-refractivity contribution is 7.92. The quantitative estimate of drug-likeness (QED) is 0.288.